The lowest BCUT2D eigenvalue weighted by Gasteiger charge is -2.13. The predicted octanol–water partition coefficient (Wildman–Crippen LogP) is 3.21. The van der Waals surface area contributed by atoms with E-state index in [4.69, 9.17) is 0 Å². The largest absolute Gasteiger partial charge is 0.282 e. The van der Waals surface area contributed by atoms with E-state index in [1.165, 1.54) is 30.8 Å². The Morgan fingerprint density at radius 3 is 2.53 bits per heavy atom. The summed E-state index contributed by atoms with van der Waals surface area (Å²) in [6.07, 6.45) is -0.00606. The molecular formula is C10H13F3N2. The summed E-state index contributed by atoms with van der Waals surface area (Å²) in [5.74, 6) is 0. The minimum atomic E-state index is -2.66. The molecule has 0 saturated heterocycles. The van der Waals surface area contributed by atoms with Gasteiger partial charge >= 0.3 is 0 Å². The first-order chi connectivity index (χ1) is 6.83. The number of alkyl halides is 3. The first-order valence-corrected chi connectivity index (χ1v) is 4.50. The molecule has 0 saturated carbocycles. The minimum Gasteiger partial charge on any atom is -0.268 e. The van der Waals surface area contributed by atoms with E-state index in [1.54, 1.807) is 0 Å². The highest BCUT2D eigenvalue weighted by atomic mass is 19.3. The zero-order valence-corrected chi connectivity index (χ0v) is 8.67. The summed E-state index contributed by atoms with van der Waals surface area (Å²) in [5, 5.41) is 3.62. The van der Waals surface area contributed by atoms with Crippen molar-refractivity contribution in [1.29, 1.82) is 0 Å². The van der Waals surface area contributed by atoms with Gasteiger partial charge in [-0.25, -0.2) is 13.2 Å². The summed E-state index contributed by atoms with van der Waals surface area (Å²) in [4.78, 5) is 0. The summed E-state index contributed by atoms with van der Waals surface area (Å²) >= 11 is 0. The molecule has 1 aromatic rings. The molecule has 0 bridgehead atoms. The Balaban J connectivity index is 2.98. The van der Waals surface area contributed by atoms with Crippen molar-refractivity contribution in [1.82, 2.24) is 9.78 Å². The van der Waals surface area contributed by atoms with Gasteiger partial charge in [0.15, 0.2) is 0 Å². The molecule has 0 aromatic carbocycles. The highest BCUT2D eigenvalue weighted by Gasteiger charge is 2.21. The van der Waals surface area contributed by atoms with E-state index in [1.807, 2.05) is 0 Å². The first-order valence-electron chi connectivity index (χ1n) is 4.50. The van der Waals surface area contributed by atoms with Crippen LogP contribution in [0.4, 0.5) is 13.2 Å². The van der Waals surface area contributed by atoms with Crippen molar-refractivity contribution in [2.75, 3.05) is 0 Å². The molecule has 0 radical (unpaired) electrons. The Morgan fingerprint density at radius 2 is 2.20 bits per heavy atom. The molecule has 5 heteroatoms. The van der Waals surface area contributed by atoms with Crippen LogP contribution in [0.1, 0.15) is 31.5 Å². The van der Waals surface area contributed by atoms with Crippen LogP contribution in [0.3, 0.4) is 0 Å². The molecule has 1 aromatic heterocycles. The number of rotatable bonds is 4. The van der Waals surface area contributed by atoms with Crippen molar-refractivity contribution in [3.63, 3.8) is 0 Å². The second-order valence-corrected chi connectivity index (χ2v) is 3.89. The third kappa shape index (κ3) is 3.11. The molecule has 2 nitrogen and oxygen atoms in total. The average molecular weight is 218 g/mol. The lowest BCUT2D eigenvalue weighted by Crippen LogP contribution is -2.21. The SMILES string of the molecule is C=Cc1cn(CC(C)(C)F)nc1C(F)F. The van der Waals surface area contributed by atoms with Crippen LogP contribution in [0.15, 0.2) is 12.8 Å². The highest BCUT2D eigenvalue weighted by molar-refractivity contribution is 5.48. The Kier molecular flexibility index (Phi) is 3.21. The smallest absolute Gasteiger partial charge is 0.268 e. The van der Waals surface area contributed by atoms with Crippen LogP contribution >= 0.6 is 0 Å². The van der Waals surface area contributed by atoms with E-state index < -0.39 is 12.1 Å². The Labute approximate surface area is 86.4 Å². The lowest BCUT2D eigenvalue weighted by molar-refractivity contribution is 0.141. The topological polar surface area (TPSA) is 17.8 Å². The van der Waals surface area contributed by atoms with E-state index in [9.17, 15) is 13.2 Å². The molecule has 0 aliphatic carbocycles. The van der Waals surface area contributed by atoms with Crippen molar-refractivity contribution in [3.05, 3.63) is 24.0 Å². The van der Waals surface area contributed by atoms with E-state index in [2.05, 4.69) is 11.7 Å². The predicted molar refractivity (Wildman–Crippen MR) is 52.5 cm³/mol. The monoisotopic (exact) mass is 218 g/mol. The van der Waals surface area contributed by atoms with Crippen LogP contribution in [-0.4, -0.2) is 15.4 Å². The molecule has 0 unspecified atom stereocenters. The van der Waals surface area contributed by atoms with Crippen LogP contribution in [0.2, 0.25) is 0 Å². The maximum absolute atomic E-state index is 13.2. The van der Waals surface area contributed by atoms with Crippen LogP contribution in [0.25, 0.3) is 6.08 Å². The maximum Gasteiger partial charge on any atom is 0.282 e. The lowest BCUT2D eigenvalue weighted by atomic mass is 10.2. The highest BCUT2D eigenvalue weighted by Crippen LogP contribution is 2.23. The fraction of sp³-hybridized carbons (Fsp3) is 0.500. The first kappa shape index (κ1) is 11.8. The molecule has 0 N–H and O–H groups in total. The molecule has 0 spiro atoms. The van der Waals surface area contributed by atoms with E-state index in [-0.39, 0.29) is 17.8 Å². The third-order valence-corrected chi connectivity index (χ3v) is 1.78. The van der Waals surface area contributed by atoms with Gasteiger partial charge in [0, 0.05) is 11.8 Å². The van der Waals surface area contributed by atoms with Gasteiger partial charge in [0.05, 0.1) is 6.54 Å². The summed E-state index contributed by atoms with van der Waals surface area (Å²) in [6.45, 7) is 6.08. The maximum atomic E-state index is 13.2. The average Bonchev–Trinajstić information content (AvgIpc) is 2.44. The molecule has 0 aliphatic heterocycles. The molecule has 0 fully saturated rings. The Hall–Kier alpha value is -1.26. The van der Waals surface area contributed by atoms with Gasteiger partial charge in [0.25, 0.3) is 6.43 Å². The number of aromatic nitrogens is 2. The van der Waals surface area contributed by atoms with E-state index >= 15 is 0 Å². The summed E-state index contributed by atoms with van der Waals surface area (Å²) in [7, 11) is 0. The van der Waals surface area contributed by atoms with Crippen LogP contribution < -0.4 is 0 Å². The van der Waals surface area contributed by atoms with Crippen molar-refractivity contribution in [2.24, 2.45) is 0 Å². The summed E-state index contributed by atoms with van der Waals surface area (Å²) in [6, 6.07) is 0. The molecule has 0 atom stereocenters. The van der Waals surface area contributed by atoms with E-state index in [0.29, 0.717) is 0 Å². The van der Waals surface area contributed by atoms with E-state index in [0.717, 1.165) is 0 Å². The second-order valence-electron chi connectivity index (χ2n) is 3.89. The van der Waals surface area contributed by atoms with Crippen molar-refractivity contribution < 1.29 is 13.2 Å². The number of nitrogens with zero attached hydrogens (tertiary/aromatic N) is 2. The van der Waals surface area contributed by atoms with Gasteiger partial charge in [-0.05, 0) is 13.8 Å². The Bertz CT molecular complexity index is 350. The van der Waals surface area contributed by atoms with Gasteiger partial charge in [-0.3, -0.25) is 4.68 Å². The number of halogens is 3. The normalized spacial score (nSPS) is 12.1. The van der Waals surface area contributed by atoms with Crippen LogP contribution in [0, 0.1) is 0 Å². The quantitative estimate of drug-likeness (QED) is 0.758. The second kappa shape index (κ2) is 4.08. The van der Waals surface area contributed by atoms with Gasteiger partial charge in [0.1, 0.15) is 11.4 Å². The number of hydrogen-bond acceptors (Lipinski definition) is 1. The Morgan fingerprint density at radius 1 is 1.60 bits per heavy atom. The number of hydrogen-bond donors (Lipinski definition) is 0. The molecule has 0 aliphatic rings. The summed E-state index contributed by atoms with van der Waals surface area (Å²) in [5.41, 5.74) is -1.59. The van der Waals surface area contributed by atoms with Crippen molar-refractivity contribution in [2.45, 2.75) is 32.5 Å². The van der Waals surface area contributed by atoms with Gasteiger partial charge in [-0.2, -0.15) is 5.10 Å². The third-order valence-electron chi connectivity index (χ3n) is 1.78. The standard InChI is InChI=1S/C10H13F3N2/c1-4-7-5-15(6-10(2,3)13)14-8(7)9(11)12/h4-5,9H,1,6H2,2-3H3. The molecular weight excluding hydrogens is 205 g/mol. The zero-order chi connectivity index (χ0) is 11.6. The van der Waals surface area contributed by atoms with Gasteiger partial charge in [-0.15, -0.1) is 0 Å². The van der Waals surface area contributed by atoms with Crippen LogP contribution in [0.5, 0.6) is 0 Å². The molecule has 15 heavy (non-hydrogen) atoms. The molecule has 0 amide bonds. The van der Waals surface area contributed by atoms with Crippen molar-refractivity contribution in [3.8, 4) is 0 Å². The molecule has 84 valence electrons. The van der Waals surface area contributed by atoms with Crippen molar-refractivity contribution >= 4 is 6.08 Å². The summed E-state index contributed by atoms with van der Waals surface area (Å²) < 4.78 is 39.3. The fourth-order valence-electron chi connectivity index (χ4n) is 1.24. The zero-order valence-electron chi connectivity index (χ0n) is 8.67. The molecule has 1 heterocycles. The fourth-order valence-corrected chi connectivity index (χ4v) is 1.24. The van der Waals surface area contributed by atoms with Gasteiger partial charge < -0.3 is 0 Å². The molecule has 1 rings (SSSR count). The van der Waals surface area contributed by atoms with Gasteiger partial charge in [0.2, 0.25) is 0 Å². The van der Waals surface area contributed by atoms with Crippen LogP contribution in [-0.2, 0) is 6.54 Å². The van der Waals surface area contributed by atoms with Gasteiger partial charge in [-0.1, -0.05) is 12.7 Å². The minimum absolute atomic E-state index is 0.0550.